The second-order valence-electron chi connectivity index (χ2n) is 3.05. The molecule has 74 valence electrons. The third kappa shape index (κ3) is 3.21. The van der Waals surface area contributed by atoms with E-state index in [0.717, 1.165) is 17.3 Å². The number of thioether (sulfide) groups is 1. The molecule has 0 aliphatic carbocycles. The molecule has 1 atom stereocenters. The van der Waals surface area contributed by atoms with Gasteiger partial charge in [0.2, 0.25) is 0 Å². The number of aromatic nitrogens is 2. The van der Waals surface area contributed by atoms with Crippen molar-refractivity contribution in [2.45, 2.75) is 18.7 Å². The molecule has 0 saturated carbocycles. The van der Waals surface area contributed by atoms with Gasteiger partial charge in [0.1, 0.15) is 11.0 Å². The first kappa shape index (κ1) is 10.9. The molecule has 1 rings (SSSR count). The van der Waals surface area contributed by atoms with Crippen molar-refractivity contribution in [2.75, 3.05) is 5.75 Å². The largest absolute Gasteiger partial charge is 0.327 e. The Kier molecular flexibility index (Phi) is 4.09. The maximum Gasteiger partial charge on any atom is 0.128 e. The zero-order valence-electron chi connectivity index (χ0n) is 7.83. The van der Waals surface area contributed by atoms with E-state index >= 15 is 0 Å². The van der Waals surface area contributed by atoms with Crippen LogP contribution in [-0.4, -0.2) is 21.3 Å². The summed E-state index contributed by atoms with van der Waals surface area (Å²) in [5.41, 5.74) is 5.63. The molecule has 0 radical (unpaired) electrons. The minimum atomic E-state index is 0.237. The molecular weight excluding hydrogens is 206 g/mol. The Labute approximate surface area is 87.7 Å². The molecule has 5 heteroatoms. The van der Waals surface area contributed by atoms with Crippen LogP contribution >= 0.6 is 23.4 Å². The van der Waals surface area contributed by atoms with Crippen molar-refractivity contribution < 1.29 is 0 Å². The van der Waals surface area contributed by atoms with E-state index in [1.54, 1.807) is 18.0 Å². The van der Waals surface area contributed by atoms with Crippen molar-refractivity contribution in [1.82, 2.24) is 9.55 Å². The Hall–Kier alpha value is -0.190. The average molecular weight is 220 g/mol. The van der Waals surface area contributed by atoms with Crippen LogP contribution < -0.4 is 5.73 Å². The van der Waals surface area contributed by atoms with Crippen molar-refractivity contribution in [2.24, 2.45) is 12.8 Å². The summed E-state index contributed by atoms with van der Waals surface area (Å²) in [5, 5.41) is 0.677. The third-order valence-electron chi connectivity index (χ3n) is 1.64. The second-order valence-corrected chi connectivity index (χ2v) is 4.47. The second kappa shape index (κ2) is 4.88. The summed E-state index contributed by atoms with van der Waals surface area (Å²) in [6.07, 6.45) is 1.67. The van der Waals surface area contributed by atoms with Gasteiger partial charge in [-0.2, -0.15) is 11.8 Å². The van der Waals surface area contributed by atoms with Gasteiger partial charge in [-0.15, -0.1) is 0 Å². The maximum absolute atomic E-state index is 5.84. The summed E-state index contributed by atoms with van der Waals surface area (Å²) >= 11 is 7.61. The molecule has 0 spiro atoms. The fourth-order valence-electron chi connectivity index (χ4n) is 0.894. The molecule has 1 aromatic rings. The molecule has 1 unspecified atom stereocenters. The van der Waals surface area contributed by atoms with Crippen LogP contribution in [0, 0.1) is 0 Å². The third-order valence-corrected chi connectivity index (χ3v) is 3.21. The normalized spacial score (nSPS) is 13.2. The molecule has 2 N–H and O–H groups in total. The molecule has 0 fully saturated rings. The van der Waals surface area contributed by atoms with Crippen LogP contribution in [0.4, 0.5) is 0 Å². The van der Waals surface area contributed by atoms with Crippen LogP contribution in [0.1, 0.15) is 12.7 Å². The lowest BCUT2D eigenvalue weighted by Gasteiger charge is -2.04. The van der Waals surface area contributed by atoms with E-state index in [4.69, 9.17) is 17.3 Å². The molecule has 0 aromatic carbocycles. The smallest absolute Gasteiger partial charge is 0.128 e. The first-order valence-electron chi connectivity index (χ1n) is 4.10. The Morgan fingerprint density at radius 3 is 2.92 bits per heavy atom. The van der Waals surface area contributed by atoms with E-state index in [0.29, 0.717) is 5.15 Å². The van der Waals surface area contributed by atoms with E-state index in [2.05, 4.69) is 4.98 Å². The predicted molar refractivity (Wildman–Crippen MR) is 58.0 cm³/mol. The SMILES string of the molecule is CC(N)CSCc1ncc(Cl)n1C. The quantitative estimate of drug-likeness (QED) is 0.838. The fraction of sp³-hybridized carbons (Fsp3) is 0.625. The number of nitrogens with two attached hydrogens (primary N) is 1. The van der Waals surface area contributed by atoms with Crippen molar-refractivity contribution in [3.05, 3.63) is 17.2 Å². The number of hydrogen-bond donors (Lipinski definition) is 1. The van der Waals surface area contributed by atoms with Crippen LogP contribution in [0.15, 0.2) is 6.20 Å². The van der Waals surface area contributed by atoms with Gasteiger partial charge in [-0.25, -0.2) is 4.98 Å². The fourth-order valence-corrected chi connectivity index (χ4v) is 1.98. The van der Waals surface area contributed by atoms with Crippen molar-refractivity contribution >= 4 is 23.4 Å². The Bertz CT molecular complexity index is 272. The number of rotatable bonds is 4. The topological polar surface area (TPSA) is 43.8 Å². The van der Waals surface area contributed by atoms with E-state index in [1.165, 1.54) is 0 Å². The number of halogens is 1. The minimum absolute atomic E-state index is 0.237. The van der Waals surface area contributed by atoms with Crippen molar-refractivity contribution in [1.29, 1.82) is 0 Å². The first-order chi connectivity index (χ1) is 6.11. The van der Waals surface area contributed by atoms with Gasteiger partial charge in [-0.1, -0.05) is 11.6 Å². The lowest BCUT2D eigenvalue weighted by molar-refractivity contribution is 0.834. The van der Waals surface area contributed by atoms with Gasteiger partial charge in [-0.3, -0.25) is 0 Å². The van der Waals surface area contributed by atoms with E-state index in [1.807, 2.05) is 18.5 Å². The van der Waals surface area contributed by atoms with Gasteiger partial charge in [-0.05, 0) is 6.92 Å². The van der Waals surface area contributed by atoms with Gasteiger partial charge in [0.15, 0.2) is 0 Å². The van der Waals surface area contributed by atoms with Crippen molar-refractivity contribution in [3.8, 4) is 0 Å². The van der Waals surface area contributed by atoms with Crippen LogP contribution in [0.25, 0.3) is 0 Å². The molecule has 0 bridgehead atoms. The lowest BCUT2D eigenvalue weighted by atomic mass is 10.4. The van der Waals surface area contributed by atoms with Crippen LogP contribution in [0.3, 0.4) is 0 Å². The highest BCUT2D eigenvalue weighted by Crippen LogP contribution is 2.15. The van der Waals surface area contributed by atoms with Gasteiger partial charge in [0, 0.05) is 18.8 Å². The Morgan fingerprint density at radius 2 is 2.46 bits per heavy atom. The lowest BCUT2D eigenvalue weighted by Crippen LogP contribution is -2.17. The Balaban J connectivity index is 2.41. The average Bonchev–Trinajstić information content (AvgIpc) is 2.35. The molecule has 0 aliphatic heterocycles. The molecule has 0 amide bonds. The van der Waals surface area contributed by atoms with E-state index in [9.17, 15) is 0 Å². The summed E-state index contributed by atoms with van der Waals surface area (Å²) in [5.74, 6) is 2.81. The molecule has 1 aromatic heterocycles. The summed E-state index contributed by atoms with van der Waals surface area (Å²) in [7, 11) is 1.91. The molecule has 0 aliphatic rings. The molecular formula is C8H14ClN3S. The first-order valence-corrected chi connectivity index (χ1v) is 5.64. The van der Waals surface area contributed by atoms with Crippen LogP contribution in [0.5, 0.6) is 0 Å². The molecule has 1 heterocycles. The van der Waals surface area contributed by atoms with Gasteiger partial charge in [0.05, 0.1) is 11.9 Å². The minimum Gasteiger partial charge on any atom is -0.327 e. The number of imidazole rings is 1. The van der Waals surface area contributed by atoms with Crippen molar-refractivity contribution in [3.63, 3.8) is 0 Å². The monoisotopic (exact) mass is 219 g/mol. The van der Waals surface area contributed by atoms with Crippen LogP contribution in [-0.2, 0) is 12.8 Å². The van der Waals surface area contributed by atoms with E-state index < -0.39 is 0 Å². The Morgan fingerprint density at radius 1 is 1.77 bits per heavy atom. The van der Waals surface area contributed by atoms with Gasteiger partial charge >= 0.3 is 0 Å². The standard InChI is InChI=1S/C8H14ClN3S/c1-6(10)4-13-5-8-11-3-7(9)12(8)2/h3,6H,4-5,10H2,1-2H3. The summed E-state index contributed by atoms with van der Waals surface area (Å²) < 4.78 is 1.88. The summed E-state index contributed by atoms with van der Waals surface area (Å²) in [4.78, 5) is 4.18. The molecule has 0 saturated heterocycles. The highest BCUT2D eigenvalue weighted by Gasteiger charge is 2.04. The van der Waals surface area contributed by atoms with E-state index in [-0.39, 0.29) is 6.04 Å². The molecule has 3 nitrogen and oxygen atoms in total. The molecule has 13 heavy (non-hydrogen) atoms. The zero-order valence-corrected chi connectivity index (χ0v) is 9.40. The highest BCUT2D eigenvalue weighted by molar-refractivity contribution is 7.98. The summed E-state index contributed by atoms with van der Waals surface area (Å²) in [6.45, 7) is 2.00. The van der Waals surface area contributed by atoms with Gasteiger partial charge < -0.3 is 10.3 Å². The number of nitrogens with zero attached hydrogens (tertiary/aromatic N) is 2. The maximum atomic E-state index is 5.84. The summed E-state index contributed by atoms with van der Waals surface area (Å²) in [6, 6.07) is 0.237. The highest BCUT2D eigenvalue weighted by atomic mass is 35.5. The van der Waals surface area contributed by atoms with Crippen LogP contribution in [0.2, 0.25) is 5.15 Å². The number of hydrogen-bond acceptors (Lipinski definition) is 3. The predicted octanol–water partition coefficient (Wildman–Crippen LogP) is 1.65. The zero-order chi connectivity index (χ0) is 9.84. The van der Waals surface area contributed by atoms with Gasteiger partial charge in [0.25, 0.3) is 0 Å².